The fourth-order valence-electron chi connectivity index (χ4n) is 3.14. The van der Waals surface area contributed by atoms with Crippen LogP contribution < -0.4 is 10.6 Å². The predicted octanol–water partition coefficient (Wildman–Crippen LogP) is 2.99. The highest BCUT2D eigenvalue weighted by Crippen LogP contribution is 2.26. The number of carbonyl (C=O) groups is 2. The molecule has 3 rings (SSSR count). The molecule has 0 radical (unpaired) electrons. The molecule has 130 valence electrons. The van der Waals surface area contributed by atoms with Crippen LogP contribution in [0, 0.1) is 17.7 Å². The van der Waals surface area contributed by atoms with Crippen molar-refractivity contribution < 1.29 is 14.0 Å². The highest BCUT2D eigenvalue weighted by atomic mass is 19.1. The molecular weight excluding hydrogens is 309 g/mol. The molecule has 1 saturated heterocycles. The van der Waals surface area contributed by atoms with Crippen molar-refractivity contribution in [2.75, 3.05) is 25.0 Å². The molecule has 3 amide bonds. The Hall–Kier alpha value is -2.11. The number of hydrogen-bond donors (Lipinski definition) is 2. The van der Waals surface area contributed by atoms with Crippen LogP contribution in [-0.4, -0.2) is 36.5 Å². The number of nitrogens with one attached hydrogen (secondary N) is 2. The number of benzene rings is 1. The van der Waals surface area contributed by atoms with Crippen LogP contribution in [0.3, 0.4) is 0 Å². The van der Waals surface area contributed by atoms with E-state index in [0.29, 0.717) is 31.2 Å². The fraction of sp³-hybridized carbons (Fsp3) is 0.556. The summed E-state index contributed by atoms with van der Waals surface area (Å²) in [5.41, 5.74) is 0.594. The molecule has 1 heterocycles. The number of halogens is 1. The first-order valence-corrected chi connectivity index (χ1v) is 8.71. The van der Waals surface area contributed by atoms with E-state index in [1.807, 2.05) is 0 Å². The van der Waals surface area contributed by atoms with Gasteiger partial charge in [-0.15, -0.1) is 0 Å². The van der Waals surface area contributed by atoms with Gasteiger partial charge >= 0.3 is 6.03 Å². The van der Waals surface area contributed by atoms with Gasteiger partial charge in [-0.1, -0.05) is 6.42 Å². The zero-order chi connectivity index (χ0) is 16.9. The molecule has 0 aromatic heterocycles. The van der Waals surface area contributed by atoms with Gasteiger partial charge in [0.1, 0.15) is 5.82 Å². The Bertz CT molecular complexity index is 578. The molecule has 1 aromatic carbocycles. The third-order valence-electron chi connectivity index (χ3n) is 5.04. The lowest BCUT2D eigenvalue weighted by Crippen LogP contribution is -2.44. The van der Waals surface area contributed by atoms with E-state index in [2.05, 4.69) is 10.6 Å². The summed E-state index contributed by atoms with van der Waals surface area (Å²) in [6.45, 7) is 2.07. The maximum absolute atomic E-state index is 12.9. The van der Waals surface area contributed by atoms with Crippen molar-refractivity contribution in [3.63, 3.8) is 0 Å². The number of urea groups is 1. The second-order valence-electron chi connectivity index (χ2n) is 6.74. The molecule has 0 bridgehead atoms. The number of piperidine rings is 1. The summed E-state index contributed by atoms with van der Waals surface area (Å²) in [6.07, 6.45) is 4.99. The van der Waals surface area contributed by atoms with E-state index >= 15 is 0 Å². The molecule has 2 fully saturated rings. The Morgan fingerprint density at radius 1 is 1.08 bits per heavy atom. The van der Waals surface area contributed by atoms with Crippen LogP contribution in [0.4, 0.5) is 14.9 Å². The van der Waals surface area contributed by atoms with Gasteiger partial charge in [-0.2, -0.15) is 0 Å². The normalized spacial score (nSPS) is 18.8. The molecule has 1 aliphatic carbocycles. The van der Waals surface area contributed by atoms with Crippen molar-refractivity contribution >= 4 is 17.6 Å². The van der Waals surface area contributed by atoms with Gasteiger partial charge in [-0.3, -0.25) is 4.79 Å². The zero-order valence-corrected chi connectivity index (χ0v) is 13.8. The monoisotopic (exact) mass is 333 g/mol. The SMILES string of the molecule is O=C(NCC1CCN(C(=O)Nc2ccc(F)cc2)CC1)C1CCC1. The number of anilines is 1. The average molecular weight is 333 g/mol. The molecule has 6 heteroatoms. The number of carbonyl (C=O) groups excluding carboxylic acids is 2. The quantitative estimate of drug-likeness (QED) is 0.890. The maximum atomic E-state index is 12.9. The lowest BCUT2D eigenvalue weighted by atomic mass is 9.84. The Balaban J connectivity index is 1.38. The van der Waals surface area contributed by atoms with Crippen molar-refractivity contribution in [2.45, 2.75) is 32.1 Å². The number of amides is 3. The molecule has 0 unspecified atom stereocenters. The molecule has 1 saturated carbocycles. The highest BCUT2D eigenvalue weighted by Gasteiger charge is 2.27. The minimum absolute atomic E-state index is 0.154. The molecule has 0 atom stereocenters. The molecule has 1 aliphatic heterocycles. The third-order valence-corrected chi connectivity index (χ3v) is 5.04. The molecule has 2 N–H and O–H groups in total. The van der Waals surface area contributed by atoms with Crippen LogP contribution in [0.25, 0.3) is 0 Å². The van der Waals surface area contributed by atoms with Gasteiger partial charge in [0.25, 0.3) is 0 Å². The van der Waals surface area contributed by atoms with E-state index in [0.717, 1.165) is 25.7 Å². The summed E-state index contributed by atoms with van der Waals surface area (Å²) < 4.78 is 12.9. The van der Waals surface area contributed by atoms with Crippen LogP contribution in [0.5, 0.6) is 0 Å². The molecule has 5 nitrogen and oxygen atoms in total. The van der Waals surface area contributed by atoms with Gasteiger partial charge in [0.05, 0.1) is 0 Å². The van der Waals surface area contributed by atoms with Gasteiger partial charge in [0, 0.05) is 31.2 Å². The fourth-order valence-corrected chi connectivity index (χ4v) is 3.14. The third kappa shape index (κ3) is 4.24. The zero-order valence-electron chi connectivity index (χ0n) is 13.8. The predicted molar refractivity (Wildman–Crippen MR) is 90.1 cm³/mol. The van der Waals surface area contributed by atoms with Crippen LogP contribution in [-0.2, 0) is 4.79 Å². The van der Waals surface area contributed by atoms with Crippen molar-refractivity contribution in [1.82, 2.24) is 10.2 Å². The minimum Gasteiger partial charge on any atom is -0.356 e. The van der Waals surface area contributed by atoms with Crippen LogP contribution in [0.15, 0.2) is 24.3 Å². The van der Waals surface area contributed by atoms with Gasteiger partial charge in [0.2, 0.25) is 5.91 Å². The second-order valence-corrected chi connectivity index (χ2v) is 6.74. The molecule has 1 aromatic rings. The summed E-state index contributed by atoms with van der Waals surface area (Å²) in [5.74, 6) is 0.533. The number of hydrogen-bond acceptors (Lipinski definition) is 2. The lowest BCUT2D eigenvalue weighted by molar-refractivity contribution is -0.127. The van der Waals surface area contributed by atoms with Crippen molar-refractivity contribution in [2.24, 2.45) is 11.8 Å². The highest BCUT2D eigenvalue weighted by molar-refractivity contribution is 5.89. The Kier molecular flexibility index (Phi) is 5.33. The molecular formula is C18H24FN3O2. The van der Waals surface area contributed by atoms with E-state index in [1.54, 1.807) is 17.0 Å². The summed E-state index contributed by atoms with van der Waals surface area (Å²) in [6, 6.07) is 5.60. The van der Waals surface area contributed by atoms with E-state index in [9.17, 15) is 14.0 Å². The topological polar surface area (TPSA) is 61.4 Å². The first-order valence-electron chi connectivity index (χ1n) is 8.71. The number of nitrogens with zero attached hydrogens (tertiary/aromatic N) is 1. The smallest absolute Gasteiger partial charge is 0.321 e. The van der Waals surface area contributed by atoms with Crippen LogP contribution >= 0.6 is 0 Å². The number of likely N-dealkylation sites (tertiary alicyclic amines) is 1. The van der Waals surface area contributed by atoms with Crippen LogP contribution in [0.1, 0.15) is 32.1 Å². The first kappa shape index (κ1) is 16.7. The van der Waals surface area contributed by atoms with Gasteiger partial charge < -0.3 is 15.5 Å². The molecule has 24 heavy (non-hydrogen) atoms. The van der Waals surface area contributed by atoms with Gasteiger partial charge in [0.15, 0.2) is 0 Å². The standard InChI is InChI=1S/C18H24FN3O2/c19-15-4-6-16(7-5-15)21-18(24)22-10-8-13(9-11-22)12-20-17(23)14-2-1-3-14/h4-7,13-14H,1-3,8-12H2,(H,20,23)(H,21,24). The van der Waals surface area contributed by atoms with Crippen molar-refractivity contribution in [3.05, 3.63) is 30.1 Å². The Morgan fingerprint density at radius 2 is 1.75 bits per heavy atom. The summed E-state index contributed by atoms with van der Waals surface area (Å²) in [7, 11) is 0. The minimum atomic E-state index is -0.322. The summed E-state index contributed by atoms with van der Waals surface area (Å²) in [5, 5.41) is 5.83. The van der Waals surface area contributed by atoms with Gasteiger partial charge in [-0.25, -0.2) is 9.18 Å². The average Bonchev–Trinajstić information content (AvgIpc) is 2.54. The second kappa shape index (κ2) is 7.64. The Morgan fingerprint density at radius 3 is 2.33 bits per heavy atom. The maximum Gasteiger partial charge on any atom is 0.321 e. The summed E-state index contributed by atoms with van der Waals surface area (Å²) >= 11 is 0. The lowest BCUT2D eigenvalue weighted by Gasteiger charge is -2.32. The Labute approximate surface area is 141 Å². The van der Waals surface area contributed by atoms with Crippen molar-refractivity contribution in [3.8, 4) is 0 Å². The van der Waals surface area contributed by atoms with E-state index < -0.39 is 0 Å². The largest absolute Gasteiger partial charge is 0.356 e. The number of rotatable bonds is 4. The van der Waals surface area contributed by atoms with E-state index in [-0.39, 0.29) is 23.7 Å². The van der Waals surface area contributed by atoms with Crippen molar-refractivity contribution in [1.29, 1.82) is 0 Å². The molecule has 2 aliphatic rings. The first-order chi connectivity index (χ1) is 11.6. The van der Waals surface area contributed by atoms with Crippen LogP contribution in [0.2, 0.25) is 0 Å². The van der Waals surface area contributed by atoms with Gasteiger partial charge in [-0.05, 0) is 55.9 Å². The summed E-state index contributed by atoms with van der Waals surface area (Å²) in [4.78, 5) is 25.8. The molecule has 0 spiro atoms. The van der Waals surface area contributed by atoms with E-state index in [4.69, 9.17) is 0 Å². The van der Waals surface area contributed by atoms with E-state index in [1.165, 1.54) is 18.6 Å².